The molecule has 63 valence electrons. The van der Waals surface area contributed by atoms with Crippen LogP contribution < -0.4 is 5.73 Å². The highest BCUT2D eigenvalue weighted by atomic mass is 16.4. The first kappa shape index (κ1) is 8.74. The molecule has 0 spiro atoms. The Morgan fingerprint density at radius 2 is 1.83 bits per heavy atom. The number of nitrogens with two attached hydrogens (primary N) is 1. The van der Waals surface area contributed by atoms with E-state index in [0.717, 1.165) is 11.1 Å². The third kappa shape index (κ3) is 2.07. The number of benzene rings is 1. The Labute approximate surface area is 70.8 Å². The van der Waals surface area contributed by atoms with Gasteiger partial charge in [-0.05, 0) is 11.1 Å². The van der Waals surface area contributed by atoms with Crippen molar-refractivity contribution in [3.05, 3.63) is 35.4 Å². The zero-order valence-corrected chi connectivity index (χ0v) is 6.62. The van der Waals surface area contributed by atoms with Crippen molar-refractivity contribution < 1.29 is 9.90 Å². The van der Waals surface area contributed by atoms with E-state index in [0.29, 0.717) is 6.54 Å². The summed E-state index contributed by atoms with van der Waals surface area (Å²) in [5, 5.41) is 10.3. The van der Waals surface area contributed by atoms with Crippen molar-refractivity contribution in [1.82, 2.24) is 0 Å². The lowest BCUT2D eigenvalue weighted by atomic mass is 10.1. The molecular formula is C9H10NO2. The third-order valence-electron chi connectivity index (χ3n) is 1.67. The topological polar surface area (TPSA) is 63.0 Å². The van der Waals surface area contributed by atoms with Gasteiger partial charge >= 0.3 is 5.97 Å². The number of hydrogen-bond acceptors (Lipinski definition) is 2. The van der Waals surface area contributed by atoms with Gasteiger partial charge in [-0.25, -0.2) is 9.90 Å². The van der Waals surface area contributed by atoms with Crippen molar-refractivity contribution >= 4 is 5.97 Å². The fraction of sp³-hybridized carbons (Fsp3) is 0.222. The predicted octanol–water partition coefficient (Wildman–Crippen LogP) is 0.645. The Hall–Kier alpha value is -1.35. The fourth-order valence-electron chi connectivity index (χ4n) is 1.08. The molecule has 0 saturated carbocycles. The van der Waals surface area contributed by atoms with Crippen molar-refractivity contribution in [2.75, 3.05) is 0 Å². The van der Waals surface area contributed by atoms with Gasteiger partial charge in [-0.1, -0.05) is 24.3 Å². The van der Waals surface area contributed by atoms with E-state index in [1.807, 2.05) is 12.1 Å². The molecule has 0 aromatic heterocycles. The average Bonchev–Trinajstić information content (AvgIpc) is 2.04. The molecule has 12 heavy (non-hydrogen) atoms. The monoisotopic (exact) mass is 164 g/mol. The highest BCUT2D eigenvalue weighted by Crippen LogP contribution is 2.08. The van der Waals surface area contributed by atoms with Crippen LogP contribution in [-0.2, 0) is 22.9 Å². The summed E-state index contributed by atoms with van der Waals surface area (Å²) in [6.45, 7) is 0.365. The van der Waals surface area contributed by atoms with E-state index in [4.69, 9.17) is 5.73 Å². The second-order valence-corrected chi connectivity index (χ2v) is 2.52. The zero-order valence-electron chi connectivity index (χ0n) is 6.62. The van der Waals surface area contributed by atoms with Gasteiger partial charge in [0.1, 0.15) is 0 Å². The number of carbonyl (C=O) groups excluding carboxylic acids is 1. The summed E-state index contributed by atoms with van der Waals surface area (Å²) >= 11 is 0. The van der Waals surface area contributed by atoms with Gasteiger partial charge in [0.05, 0.1) is 6.42 Å². The summed E-state index contributed by atoms with van der Waals surface area (Å²) in [5.74, 6) is -1.07. The molecule has 2 N–H and O–H groups in total. The van der Waals surface area contributed by atoms with Gasteiger partial charge in [0.25, 0.3) is 0 Å². The lowest BCUT2D eigenvalue weighted by molar-refractivity contribution is -0.142. The summed E-state index contributed by atoms with van der Waals surface area (Å²) in [6, 6.07) is 7.19. The standard InChI is InChI=1S/C9H10NO2/c10-6-8-4-2-1-3-7(8)5-9(11)12/h1-4H,5-6,10H2. The summed E-state index contributed by atoms with van der Waals surface area (Å²) in [5.41, 5.74) is 7.01. The summed E-state index contributed by atoms with van der Waals surface area (Å²) in [4.78, 5) is 10.3. The fourth-order valence-corrected chi connectivity index (χ4v) is 1.08. The number of hydrogen-bond donors (Lipinski definition) is 1. The second kappa shape index (κ2) is 3.88. The number of carbonyl (C=O) groups is 1. The van der Waals surface area contributed by atoms with E-state index in [1.165, 1.54) is 0 Å². The van der Waals surface area contributed by atoms with Gasteiger partial charge in [0, 0.05) is 6.54 Å². The summed E-state index contributed by atoms with van der Waals surface area (Å²) < 4.78 is 0. The second-order valence-electron chi connectivity index (χ2n) is 2.52. The van der Waals surface area contributed by atoms with Gasteiger partial charge in [-0.15, -0.1) is 0 Å². The highest BCUT2D eigenvalue weighted by molar-refractivity contribution is 5.70. The highest BCUT2D eigenvalue weighted by Gasteiger charge is 2.05. The van der Waals surface area contributed by atoms with Crippen molar-refractivity contribution in [3.63, 3.8) is 0 Å². The molecule has 0 aliphatic carbocycles. The van der Waals surface area contributed by atoms with E-state index >= 15 is 0 Å². The van der Waals surface area contributed by atoms with Gasteiger partial charge in [0.15, 0.2) is 0 Å². The van der Waals surface area contributed by atoms with Crippen molar-refractivity contribution in [2.24, 2.45) is 5.73 Å². The third-order valence-corrected chi connectivity index (χ3v) is 1.67. The molecule has 3 nitrogen and oxygen atoms in total. The maximum atomic E-state index is 10.3. The molecule has 0 heterocycles. The van der Waals surface area contributed by atoms with Gasteiger partial charge in [-0.3, -0.25) is 0 Å². The van der Waals surface area contributed by atoms with Crippen molar-refractivity contribution in [2.45, 2.75) is 13.0 Å². The molecule has 0 bridgehead atoms. The minimum atomic E-state index is -1.07. The Kier molecular flexibility index (Phi) is 2.82. The molecule has 0 amide bonds. The van der Waals surface area contributed by atoms with Crippen LogP contribution in [0, 0.1) is 0 Å². The Morgan fingerprint density at radius 1 is 1.25 bits per heavy atom. The first-order chi connectivity index (χ1) is 5.74. The molecule has 1 aromatic rings. The maximum absolute atomic E-state index is 10.3. The molecular weight excluding hydrogens is 154 g/mol. The largest absolute Gasteiger partial charge is 0.359 e. The van der Waals surface area contributed by atoms with E-state index in [-0.39, 0.29) is 6.42 Å². The summed E-state index contributed by atoms with van der Waals surface area (Å²) in [6.07, 6.45) is -0.0621. The molecule has 1 radical (unpaired) electrons. The average molecular weight is 164 g/mol. The van der Waals surface area contributed by atoms with Crippen LogP contribution in [0.5, 0.6) is 0 Å². The van der Waals surface area contributed by atoms with Crippen LogP contribution in [0.2, 0.25) is 0 Å². The van der Waals surface area contributed by atoms with Crippen LogP contribution in [0.3, 0.4) is 0 Å². The minimum Gasteiger partial charge on any atom is -0.326 e. The smallest absolute Gasteiger partial charge is 0.326 e. The number of rotatable bonds is 3. The molecule has 1 rings (SSSR count). The molecule has 0 aliphatic rings. The van der Waals surface area contributed by atoms with Crippen molar-refractivity contribution in [3.8, 4) is 0 Å². The van der Waals surface area contributed by atoms with E-state index < -0.39 is 5.97 Å². The normalized spacial score (nSPS) is 9.75. The molecule has 0 fully saturated rings. The molecule has 0 atom stereocenters. The van der Waals surface area contributed by atoms with E-state index in [2.05, 4.69) is 0 Å². The Bertz CT molecular complexity index is 284. The van der Waals surface area contributed by atoms with Crippen LogP contribution in [0.1, 0.15) is 11.1 Å². The first-order valence-electron chi connectivity index (χ1n) is 3.70. The molecule has 0 saturated heterocycles. The first-order valence-corrected chi connectivity index (χ1v) is 3.70. The minimum absolute atomic E-state index is 0.0621. The Morgan fingerprint density at radius 3 is 2.33 bits per heavy atom. The Balaban J connectivity index is 2.89. The predicted molar refractivity (Wildman–Crippen MR) is 43.7 cm³/mol. The quantitative estimate of drug-likeness (QED) is 0.712. The molecule has 0 aliphatic heterocycles. The lowest BCUT2D eigenvalue weighted by Gasteiger charge is -2.02. The van der Waals surface area contributed by atoms with Crippen LogP contribution >= 0.6 is 0 Å². The maximum Gasteiger partial charge on any atom is 0.359 e. The summed E-state index contributed by atoms with van der Waals surface area (Å²) in [7, 11) is 0. The van der Waals surface area contributed by atoms with Crippen LogP contribution in [0.4, 0.5) is 0 Å². The van der Waals surface area contributed by atoms with Gasteiger partial charge in [0.2, 0.25) is 0 Å². The van der Waals surface area contributed by atoms with E-state index in [9.17, 15) is 9.90 Å². The van der Waals surface area contributed by atoms with Crippen LogP contribution in [0.25, 0.3) is 0 Å². The lowest BCUT2D eigenvalue weighted by Crippen LogP contribution is -2.05. The van der Waals surface area contributed by atoms with E-state index in [1.54, 1.807) is 12.1 Å². The molecule has 1 aromatic carbocycles. The van der Waals surface area contributed by atoms with Gasteiger partial charge in [-0.2, -0.15) is 0 Å². The molecule has 0 unspecified atom stereocenters. The van der Waals surface area contributed by atoms with Crippen molar-refractivity contribution in [1.29, 1.82) is 0 Å². The van der Waals surface area contributed by atoms with Gasteiger partial charge < -0.3 is 5.73 Å². The van der Waals surface area contributed by atoms with Crippen LogP contribution in [-0.4, -0.2) is 5.97 Å². The zero-order chi connectivity index (χ0) is 8.97. The molecule has 3 heteroatoms. The van der Waals surface area contributed by atoms with Crippen LogP contribution in [0.15, 0.2) is 24.3 Å². The SMILES string of the molecule is NCc1ccccc1CC([O])=O.